The largest absolute Gasteiger partial charge is 0.317 e. The molecule has 62 valence electrons. The lowest BCUT2D eigenvalue weighted by Crippen LogP contribution is -2.25. The molecule has 1 heterocycles. The van der Waals surface area contributed by atoms with E-state index in [1.807, 2.05) is 14.1 Å². The summed E-state index contributed by atoms with van der Waals surface area (Å²) in [6, 6.07) is 0.416. The molecule has 0 saturated carbocycles. The highest BCUT2D eigenvalue weighted by Gasteiger charge is 2.05. The number of nitrogens with zero attached hydrogens (tertiary/aromatic N) is 4. The minimum absolute atomic E-state index is 0.416. The van der Waals surface area contributed by atoms with Gasteiger partial charge < -0.3 is 5.32 Å². The summed E-state index contributed by atoms with van der Waals surface area (Å²) in [6.45, 7) is 2.09. The summed E-state index contributed by atoms with van der Waals surface area (Å²) in [6.07, 6.45) is 0.861. The Labute approximate surface area is 65.8 Å². The lowest BCUT2D eigenvalue weighted by atomic mass is 10.2. The van der Waals surface area contributed by atoms with Crippen molar-refractivity contribution in [3.05, 3.63) is 5.82 Å². The number of likely N-dealkylation sites (N-methyl/N-ethyl adjacent to an activating group) is 1. The van der Waals surface area contributed by atoms with Gasteiger partial charge in [0, 0.05) is 19.5 Å². The topological polar surface area (TPSA) is 55.6 Å². The van der Waals surface area contributed by atoms with Crippen LogP contribution in [0.1, 0.15) is 12.7 Å². The van der Waals surface area contributed by atoms with E-state index in [4.69, 9.17) is 0 Å². The van der Waals surface area contributed by atoms with Gasteiger partial charge in [0.2, 0.25) is 0 Å². The van der Waals surface area contributed by atoms with Crippen molar-refractivity contribution in [1.82, 2.24) is 25.5 Å². The van der Waals surface area contributed by atoms with E-state index in [0.717, 1.165) is 12.2 Å². The normalized spacial score (nSPS) is 13.4. The molecular formula is C6H13N5. The van der Waals surface area contributed by atoms with E-state index < -0.39 is 0 Å². The molecule has 0 aliphatic carbocycles. The van der Waals surface area contributed by atoms with Gasteiger partial charge in [0.05, 0.1) is 0 Å². The van der Waals surface area contributed by atoms with Gasteiger partial charge in [-0.2, -0.15) is 0 Å². The highest BCUT2D eigenvalue weighted by atomic mass is 15.5. The zero-order chi connectivity index (χ0) is 8.27. The molecule has 0 spiro atoms. The molecule has 0 bridgehead atoms. The predicted molar refractivity (Wildman–Crippen MR) is 41.0 cm³/mol. The molecule has 0 aliphatic heterocycles. The molecule has 0 aromatic carbocycles. The number of rotatable bonds is 3. The van der Waals surface area contributed by atoms with E-state index in [1.54, 1.807) is 4.68 Å². The third-order valence-electron chi connectivity index (χ3n) is 1.69. The molecule has 0 amide bonds. The fourth-order valence-corrected chi connectivity index (χ4v) is 0.797. The number of aromatic nitrogens is 4. The van der Waals surface area contributed by atoms with E-state index in [1.165, 1.54) is 0 Å². The highest BCUT2D eigenvalue weighted by Crippen LogP contribution is 1.94. The van der Waals surface area contributed by atoms with Crippen molar-refractivity contribution in [2.75, 3.05) is 7.05 Å². The molecule has 5 nitrogen and oxygen atoms in total. The summed E-state index contributed by atoms with van der Waals surface area (Å²) < 4.78 is 1.69. The van der Waals surface area contributed by atoms with Crippen molar-refractivity contribution >= 4 is 0 Å². The van der Waals surface area contributed by atoms with Gasteiger partial charge in [-0.25, -0.2) is 4.68 Å². The average molecular weight is 155 g/mol. The molecule has 11 heavy (non-hydrogen) atoms. The van der Waals surface area contributed by atoms with E-state index in [-0.39, 0.29) is 0 Å². The smallest absolute Gasteiger partial charge is 0.152 e. The highest BCUT2D eigenvalue weighted by molar-refractivity contribution is 4.83. The lowest BCUT2D eigenvalue weighted by molar-refractivity contribution is 0.566. The van der Waals surface area contributed by atoms with Crippen LogP contribution in [-0.2, 0) is 13.5 Å². The third-order valence-corrected chi connectivity index (χ3v) is 1.69. The van der Waals surface area contributed by atoms with Gasteiger partial charge >= 0.3 is 0 Å². The van der Waals surface area contributed by atoms with Gasteiger partial charge in [-0.3, -0.25) is 0 Å². The van der Waals surface area contributed by atoms with Crippen molar-refractivity contribution in [3.63, 3.8) is 0 Å². The Bertz CT molecular complexity index is 219. The Morgan fingerprint density at radius 3 is 2.82 bits per heavy atom. The number of hydrogen-bond acceptors (Lipinski definition) is 4. The minimum atomic E-state index is 0.416. The van der Waals surface area contributed by atoms with Crippen molar-refractivity contribution in [1.29, 1.82) is 0 Å². The number of nitrogens with one attached hydrogen (secondary N) is 1. The second kappa shape index (κ2) is 3.43. The molecule has 1 aromatic rings. The third kappa shape index (κ3) is 1.98. The predicted octanol–water partition coefficient (Wildman–Crippen LogP) is -0.640. The second-order valence-electron chi connectivity index (χ2n) is 2.61. The molecule has 0 fully saturated rings. The molecular weight excluding hydrogens is 142 g/mol. The van der Waals surface area contributed by atoms with Gasteiger partial charge in [0.15, 0.2) is 5.82 Å². The molecule has 1 unspecified atom stereocenters. The Balaban J connectivity index is 2.56. The zero-order valence-electron chi connectivity index (χ0n) is 7.07. The van der Waals surface area contributed by atoms with Crippen LogP contribution in [0.4, 0.5) is 0 Å². The molecule has 1 rings (SSSR count). The Morgan fingerprint density at radius 1 is 1.64 bits per heavy atom. The Kier molecular flexibility index (Phi) is 2.53. The quantitative estimate of drug-likeness (QED) is 0.631. The molecule has 1 atom stereocenters. The summed E-state index contributed by atoms with van der Waals surface area (Å²) in [4.78, 5) is 0. The van der Waals surface area contributed by atoms with Gasteiger partial charge in [-0.15, -0.1) is 5.10 Å². The first-order valence-electron chi connectivity index (χ1n) is 3.62. The maximum Gasteiger partial charge on any atom is 0.152 e. The van der Waals surface area contributed by atoms with Crippen LogP contribution in [0.2, 0.25) is 0 Å². The maximum absolute atomic E-state index is 3.87. The standard InChI is InChI=1S/C6H13N5/c1-5(7-2)4-6-8-9-10-11(6)3/h5,7H,4H2,1-3H3. The van der Waals surface area contributed by atoms with Crippen LogP contribution in [0.15, 0.2) is 0 Å². The van der Waals surface area contributed by atoms with E-state index >= 15 is 0 Å². The van der Waals surface area contributed by atoms with Gasteiger partial charge in [-0.1, -0.05) is 0 Å². The summed E-state index contributed by atoms with van der Waals surface area (Å²) in [5.74, 6) is 0.909. The Morgan fingerprint density at radius 2 is 2.36 bits per heavy atom. The second-order valence-corrected chi connectivity index (χ2v) is 2.61. The number of aryl methyl sites for hydroxylation is 1. The first-order chi connectivity index (χ1) is 5.24. The van der Waals surface area contributed by atoms with E-state index in [0.29, 0.717) is 6.04 Å². The molecule has 0 aliphatic rings. The Hall–Kier alpha value is -0.970. The fraction of sp³-hybridized carbons (Fsp3) is 0.833. The zero-order valence-corrected chi connectivity index (χ0v) is 7.07. The van der Waals surface area contributed by atoms with Crippen molar-refractivity contribution < 1.29 is 0 Å². The van der Waals surface area contributed by atoms with Crippen LogP contribution < -0.4 is 5.32 Å². The monoisotopic (exact) mass is 155 g/mol. The molecule has 5 heteroatoms. The van der Waals surface area contributed by atoms with Crippen molar-refractivity contribution in [2.45, 2.75) is 19.4 Å². The summed E-state index contributed by atoms with van der Waals surface area (Å²) in [7, 11) is 3.77. The van der Waals surface area contributed by atoms with Crippen LogP contribution in [0.3, 0.4) is 0 Å². The first-order valence-corrected chi connectivity index (χ1v) is 3.62. The van der Waals surface area contributed by atoms with Crippen LogP contribution in [0.5, 0.6) is 0 Å². The summed E-state index contributed by atoms with van der Waals surface area (Å²) in [5.41, 5.74) is 0. The molecule has 1 N–H and O–H groups in total. The van der Waals surface area contributed by atoms with Crippen LogP contribution >= 0.6 is 0 Å². The lowest BCUT2D eigenvalue weighted by Gasteiger charge is -2.06. The van der Waals surface area contributed by atoms with Gasteiger partial charge in [0.25, 0.3) is 0 Å². The van der Waals surface area contributed by atoms with Gasteiger partial charge in [0.1, 0.15) is 0 Å². The molecule has 0 saturated heterocycles. The van der Waals surface area contributed by atoms with Crippen LogP contribution in [0.25, 0.3) is 0 Å². The van der Waals surface area contributed by atoms with Crippen LogP contribution in [-0.4, -0.2) is 33.3 Å². The molecule has 1 aromatic heterocycles. The minimum Gasteiger partial charge on any atom is -0.317 e. The van der Waals surface area contributed by atoms with Crippen molar-refractivity contribution in [3.8, 4) is 0 Å². The van der Waals surface area contributed by atoms with E-state index in [2.05, 4.69) is 27.8 Å². The average Bonchev–Trinajstić information content (AvgIpc) is 2.37. The fourth-order valence-electron chi connectivity index (χ4n) is 0.797. The number of tetrazole rings is 1. The molecule has 0 radical (unpaired) electrons. The van der Waals surface area contributed by atoms with Gasteiger partial charge in [-0.05, 0) is 24.4 Å². The summed E-state index contributed by atoms with van der Waals surface area (Å²) in [5, 5.41) is 14.3. The number of hydrogen-bond donors (Lipinski definition) is 1. The van der Waals surface area contributed by atoms with Crippen molar-refractivity contribution in [2.24, 2.45) is 7.05 Å². The maximum atomic E-state index is 3.87. The first kappa shape index (κ1) is 8.13. The van der Waals surface area contributed by atoms with Crippen LogP contribution in [0, 0.1) is 0 Å². The van der Waals surface area contributed by atoms with E-state index in [9.17, 15) is 0 Å². The SMILES string of the molecule is CNC(C)Cc1nnnn1C. The summed E-state index contributed by atoms with van der Waals surface area (Å²) >= 11 is 0.